The average molecular weight is 1140 g/mol. The van der Waals surface area contributed by atoms with Crippen molar-refractivity contribution in [2.45, 2.75) is 113 Å². The van der Waals surface area contributed by atoms with Crippen LogP contribution in [0.5, 0.6) is 0 Å². The molecule has 2 aromatic carbocycles. The molecule has 0 aliphatic rings. The molecule has 23 N–H and O–H groups in total. The smallest absolute Gasteiger partial charge is 0.326 e. The van der Waals surface area contributed by atoms with Crippen molar-refractivity contribution >= 4 is 89.5 Å². The fourth-order valence-electron chi connectivity index (χ4n) is 7.36. The van der Waals surface area contributed by atoms with Crippen LogP contribution in [0.2, 0.25) is 0 Å². The van der Waals surface area contributed by atoms with E-state index in [1.807, 2.05) is 0 Å². The Morgan fingerprint density at radius 3 is 1.48 bits per heavy atom. The second-order valence-corrected chi connectivity index (χ2v) is 18.5. The van der Waals surface area contributed by atoms with E-state index in [9.17, 15) is 67.7 Å². The van der Waals surface area contributed by atoms with Gasteiger partial charge in [0.2, 0.25) is 65.0 Å². The molecule has 11 amide bonds. The van der Waals surface area contributed by atoms with Gasteiger partial charge in [-0.05, 0) is 62.6 Å². The molecule has 0 heterocycles. The van der Waals surface area contributed by atoms with Gasteiger partial charge in [-0.2, -0.15) is 12.6 Å². The maximum absolute atomic E-state index is 13.9. The number of amides is 11. The van der Waals surface area contributed by atoms with Gasteiger partial charge in [0, 0.05) is 25.1 Å². The van der Waals surface area contributed by atoms with Gasteiger partial charge < -0.3 is 92.0 Å². The Labute approximate surface area is 466 Å². The van der Waals surface area contributed by atoms with Gasteiger partial charge in [-0.1, -0.05) is 60.7 Å². The Kier molecular flexibility index (Phi) is 31.0. The van der Waals surface area contributed by atoms with E-state index in [4.69, 9.17) is 34.1 Å². The summed E-state index contributed by atoms with van der Waals surface area (Å²) in [5.74, 6) is -12.7. The molecule has 0 saturated heterocycles. The zero-order valence-electron chi connectivity index (χ0n) is 43.8. The van der Waals surface area contributed by atoms with Crippen molar-refractivity contribution in [2.75, 3.05) is 38.5 Å². The Hall–Kier alpha value is -8.42. The lowest BCUT2D eigenvalue weighted by Gasteiger charge is -2.26. The molecule has 30 nitrogen and oxygen atoms in total. The maximum Gasteiger partial charge on any atom is 0.326 e. The fourth-order valence-corrected chi connectivity index (χ4v) is 7.62. The van der Waals surface area contributed by atoms with Crippen LogP contribution in [0.15, 0.2) is 60.7 Å². The first-order chi connectivity index (χ1) is 38.0. The van der Waals surface area contributed by atoms with E-state index in [2.05, 4.69) is 65.8 Å². The third kappa shape index (κ3) is 26.8. The average Bonchev–Trinajstić information content (AvgIpc) is 3.41. The van der Waals surface area contributed by atoms with E-state index >= 15 is 0 Å². The number of nitrogens with one attached hydrogen (secondary N) is 11. The number of aliphatic hydroxyl groups excluding tert-OH is 1. The van der Waals surface area contributed by atoms with Crippen LogP contribution < -0.4 is 81.8 Å². The number of benzene rings is 2. The monoisotopic (exact) mass is 1140 g/mol. The summed E-state index contributed by atoms with van der Waals surface area (Å²) in [6.07, 6.45) is -1.24. The van der Waals surface area contributed by atoms with E-state index in [1.54, 1.807) is 60.7 Å². The number of thiol groups is 1. The molecule has 2 rings (SSSR count). The van der Waals surface area contributed by atoms with Gasteiger partial charge in [0.15, 0.2) is 5.96 Å². The summed E-state index contributed by atoms with van der Waals surface area (Å²) >= 11 is 4.21. The predicted octanol–water partition coefficient (Wildman–Crippen LogP) is -7.04. The predicted molar refractivity (Wildman–Crippen MR) is 291 cm³/mol. The van der Waals surface area contributed by atoms with Crippen LogP contribution in [0.3, 0.4) is 0 Å². The van der Waals surface area contributed by atoms with Crippen LogP contribution in [0, 0.1) is 5.41 Å². The molecule has 8 atom stereocenters. The highest BCUT2D eigenvalue weighted by Crippen LogP contribution is 2.09. The minimum atomic E-state index is -1.79. The number of carbonyl (C=O) groups is 12. The number of carboxylic acid groups (broad SMARTS) is 1. The summed E-state index contributed by atoms with van der Waals surface area (Å²) in [7, 11) is 0. The second kappa shape index (κ2) is 36.6. The summed E-state index contributed by atoms with van der Waals surface area (Å²) in [5, 5.41) is 50.4. The summed E-state index contributed by atoms with van der Waals surface area (Å²) in [6, 6.07) is 5.66. The Bertz CT molecular complexity index is 2440. The largest absolute Gasteiger partial charge is 0.480 e. The summed E-state index contributed by atoms with van der Waals surface area (Å²) in [6.45, 7) is -2.41. The molecular formula is C49H74N16O14S. The normalized spacial score (nSPS) is 13.8. The van der Waals surface area contributed by atoms with Gasteiger partial charge >= 0.3 is 5.97 Å². The molecule has 31 heteroatoms. The van der Waals surface area contributed by atoms with Crippen molar-refractivity contribution in [1.82, 2.24) is 53.2 Å². The van der Waals surface area contributed by atoms with E-state index < -0.39 is 158 Å². The highest BCUT2D eigenvalue weighted by molar-refractivity contribution is 7.80. The Morgan fingerprint density at radius 1 is 0.512 bits per heavy atom. The summed E-state index contributed by atoms with van der Waals surface area (Å²) in [4.78, 5) is 156. The molecular weight excluding hydrogens is 1070 g/mol. The molecule has 0 fully saturated rings. The Balaban J connectivity index is 2.19. The van der Waals surface area contributed by atoms with Gasteiger partial charge in [-0.25, -0.2) is 4.79 Å². The number of carboxylic acids is 1. The van der Waals surface area contributed by atoms with Crippen LogP contribution in [0.25, 0.3) is 0 Å². The molecule has 440 valence electrons. The number of unbranched alkanes of at least 4 members (excludes halogenated alkanes) is 1. The van der Waals surface area contributed by atoms with Crippen LogP contribution in [-0.4, -0.2) is 174 Å². The third-order valence-electron chi connectivity index (χ3n) is 11.6. The van der Waals surface area contributed by atoms with E-state index in [1.165, 1.54) is 0 Å². The van der Waals surface area contributed by atoms with Gasteiger partial charge in [-0.15, -0.1) is 0 Å². The maximum atomic E-state index is 13.9. The molecule has 0 aliphatic heterocycles. The highest BCUT2D eigenvalue weighted by atomic mass is 32.1. The number of hydrogen-bond acceptors (Lipinski definition) is 17. The lowest BCUT2D eigenvalue weighted by molar-refractivity contribution is -0.142. The van der Waals surface area contributed by atoms with Gasteiger partial charge in [0.1, 0.15) is 42.3 Å². The zero-order valence-corrected chi connectivity index (χ0v) is 44.7. The summed E-state index contributed by atoms with van der Waals surface area (Å²) in [5.41, 5.74) is 29.0. The van der Waals surface area contributed by atoms with Crippen molar-refractivity contribution < 1.29 is 67.7 Å². The van der Waals surface area contributed by atoms with Crippen LogP contribution in [0.1, 0.15) is 62.5 Å². The number of nitrogens with two attached hydrogens (primary N) is 5. The number of aliphatic hydroxyl groups is 1. The third-order valence-corrected chi connectivity index (χ3v) is 12.0. The standard InChI is InChI=1S/C49H74N16O14S/c50-18-8-7-14-30(44(74)64-34(22-38(53)68)43(73)58-23-39(69)59-32(48(78)79)15-9-19-56-49(54)55)61-45(75)31(16-17-37(52)67)62-46(76)35(25-66)60-40(70)24-57-42(72)33(21-28-12-5-2-6-13-28)63-47(77)36(26-80)65-41(71)29(51)20-27-10-3-1-4-11-27/h1-6,10-13,29-36,66,80H,7-9,14-26,50-51H2,(H2,52,67)(H2,53,68)(H,57,72)(H,58,73)(H,59,69)(H,60,70)(H,61,75)(H,62,76)(H,63,77)(H,64,74)(H,65,71)(H,78,79)(H4,54,55,56)/t29-,30-,31-,32-,33-,34-,35-,36-/m0/s1. The van der Waals surface area contributed by atoms with Crippen LogP contribution >= 0.6 is 12.6 Å². The van der Waals surface area contributed by atoms with Gasteiger partial charge in [0.25, 0.3) is 0 Å². The number of rotatable bonds is 38. The quantitative estimate of drug-likeness (QED) is 0.0129. The van der Waals surface area contributed by atoms with E-state index in [-0.39, 0.29) is 63.3 Å². The molecule has 0 bridgehead atoms. The van der Waals surface area contributed by atoms with Gasteiger partial charge in [-0.3, -0.25) is 58.1 Å². The number of carbonyl (C=O) groups excluding carboxylic acids is 11. The zero-order chi connectivity index (χ0) is 59.7. The first-order valence-electron chi connectivity index (χ1n) is 25.3. The van der Waals surface area contributed by atoms with E-state index in [0.29, 0.717) is 12.0 Å². The first kappa shape index (κ1) is 67.7. The van der Waals surface area contributed by atoms with Crippen molar-refractivity contribution in [3.8, 4) is 0 Å². The molecule has 0 saturated carbocycles. The van der Waals surface area contributed by atoms with Gasteiger partial charge in [0.05, 0.1) is 32.2 Å². The molecule has 2 aromatic rings. The van der Waals surface area contributed by atoms with Crippen LogP contribution in [-0.2, 0) is 70.4 Å². The number of hydrogen-bond donors (Lipinski definition) is 19. The fraction of sp³-hybridized carbons (Fsp3) is 0.490. The molecule has 80 heavy (non-hydrogen) atoms. The van der Waals surface area contributed by atoms with Crippen molar-refractivity contribution in [1.29, 1.82) is 5.41 Å². The van der Waals surface area contributed by atoms with E-state index in [0.717, 1.165) is 5.56 Å². The second-order valence-electron chi connectivity index (χ2n) is 18.1. The molecule has 0 aromatic heterocycles. The summed E-state index contributed by atoms with van der Waals surface area (Å²) < 4.78 is 0. The van der Waals surface area contributed by atoms with Crippen molar-refractivity contribution in [2.24, 2.45) is 28.7 Å². The topological polar surface area (TPSA) is 520 Å². The number of guanidine groups is 1. The van der Waals surface area contributed by atoms with Crippen molar-refractivity contribution in [3.63, 3.8) is 0 Å². The molecule has 0 spiro atoms. The lowest BCUT2D eigenvalue weighted by Crippen LogP contribution is -2.59. The Morgan fingerprint density at radius 2 is 0.975 bits per heavy atom. The number of primary amides is 2. The molecule has 0 unspecified atom stereocenters. The molecule has 0 aliphatic carbocycles. The highest BCUT2D eigenvalue weighted by Gasteiger charge is 2.33. The number of aliphatic carboxylic acids is 1. The first-order valence-corrected chi connectivity index (χ1v) is 25.9. The lowest BCUT2D eigenvalue weighted by atomic mass is 10.0. The SMILES string of the molecule is N=C(N)NCCC[C@H](NC(=O)CNC(=O)[C@H](CC(N)=O)NC(=O)[C@H](CCCCN)NC(=O)[C@H](CCC(N)=O)NC(=O)[C@H](CO)NC(=O)CNC(=O)[C@H](Cc1ccccc1)NC(=O)[C@H](CS)NC(=O)[C@@H](N)Cc1ccccc1)C(=O)O. The molecule has 0 radical (unpaired) electrons. The van der Waals surface area contributed by atoms with Crippen molar-refractivity contribution in [3.05, 3.63) is 71.8 Å². The minimum Gasteiger partial charge on any atom is -0.480 e. The van der Waals surface area contributed by atoms with Crippen LogP contribution in [0.4, 0.5) is 0 Å². The minimum absolute atomic E-state index is 0.0841.